The quantitative estimate of drug-likeness (QED) is 0.690. The number of rotatable bonds is 5. The van der Waals surface area contributed by atoms with Gasteiger partial charge in [-0.1, -0.05) is 20.8 Å². The summed E-state index contributed by atoms with van der Waals surface area (Å²) in [5.74, 6) is -1.97. The van der Waals surface area contributed by atoms with Crippen LogP contribution in [0, 0.1) is 5.41 Å². The van der Waals surface area contributed by atoms with Crippen molar-refractivity contribution in [3.05, 3.63) is 0 Å². The van der Waals surface area contributed by atoms with E-state index in [0.29, 0.717) is 0 Å². The Labute approximate surface area is 99.9 Å². The molecule has 0 aromatic heterocycles. The van der Waals surface area contributed by atoms with Crippen LogP contribution in [0.3, 0.4) is 0 Å². The zero-order valence-corrected chi connectivity index (χ0v) is 10.5. The summed E-state index contributed by atoms with van der Waals surface area (Å²) in [4.78, 5) is 33.4. The van der Waals surface area contributed by atoms with Crippen LogP contribution in [0.2, 0.25) is 0 Å². The van der Waals surface area contributed by atoms with Crippen molar-refractivity contribution in [2.24, 2.45) is 5.41 Å². The van der Waals surface area contributed by atoms with Crippen molar-refractivity contribution in [3.8, 4) is 0 Å². The molecule has 0 radical (unpaired) electrons. The minimum absolute atomic E-state index is 0.230. The molecule has 0 spiro atoms. The first-order chi connectivity index (χ1) is 7.68. The molecule has 17 heavy (non-hydrogen) atoms. The summed E-state index contributed by atoms with van der Waals surface area (Å²) in [5.41, 5.74) is -0.592. The van der Waals surface area contributed by atoms with Gasteiger partial charge < -0.3 is 14.6 Å². The van der Waals surface area contributed by atoms with Crippen molar-refractivity contribution in [1.82, 2.24) is 0 Å². The van der Waals surface area contributed by atoms with Crippen LogP contribution in [0.25, 0.3) is 0 Å². The van der Waals surface area contributed by atoms with Crippen molar-refractivity contribution in [2.75, 3.05) is 13.2 Å². The second-order valence-electron chi connectivity index (χ2n) is 4.57. The van der Waals surface area contributed by atoms with E-state index in [1.54, 1.807) is 20.8 Å². The number of aliphatic hydroxyl groups excluding tert-OH is 1. The van der Waals surface area contributed by atoms with Crippen molar-refractivity contribution in [3.63, 3.8) is 0 Å². The number of aliphatic hydroxyl groups is 1. The number of hydrogen-bond acceptors (Lipinski definition) is 6. The minimum Gasteiger partial charge on any atom is -0.455 e. The van der Waals surface area contributed by atoms with Gasteiger partial charge in [0.05, 0.1) is 0 Å². The Balaban J connectivity index is 4.11. The van der Waals surface area contributed by atoms with Gasteiger partial charge in [0.1, 0.15) is 6.61 Å². The van der Waals surface area contributed by atoms with Gasteiger partial charge in [0.2, 0.25) is 0 Å². The molecule has 0 fully saturated rings. The smallest absolute Gasteiger partial charge is 0.347 e. The molecule has 0 heterocycles. The molecule has 0 aromatic rings. The Morgan fingerprint density at radius 1 is 1.24 bits per heavy atom. The molecular weight excluding hydrogens is 228 g/mol. The minimum atomic E-state index is -1.14. The van der Waals surface area contributed by atoms with Crippen LogP contribution in [-0.4, -0.2) is 42.1 Å². The number of carbonyl (C=O) groups excluding carboxylic acids is 3. The fourth-order valence-corrected chi connectivity index (χ4v) is 0.753. The molecule has 1 unspecified atom stereocenters. The average molecular weight is 246 g/mol. The summed E-state index contributed by atoms with van der Waals surface area (Å²) < 4.78 is 9.19. The molecule has 98 valence electrons. The van der Waals surface area contributed by atoms with Crippen LogP contribution < -0.4 is 0 Å². The van der Waals surface area contributed by atoms with Crippen LogP contribution in [-0.2, 0) is 23.9 Å². The van der Waals surface area contributed by atoms with Gasteiger partial charge in [-0.3, -0.25) is 4.79 Å². The molecular formula is C11H18O6. The maximum atomic E-state index is 11.4. The predicted molar refractivity (Wildman–Crippen MR) is 58.1 cm³/mol. The molecule has 1 atom stereocenters. The van der Waals surface area contributed by atoms with Crippen LogP contribution in [0.4, 0.5) is 0 Å². The lowest BCUT2D eigenvalue weighted by atomic mass is 9.91. The lowest BCUT2D eigenvalue weighted by Gasteiger charge is -2.17. The van der Waals surface area contributed by atoms with E-state index in [1.807, 2.05) is 0 Å². The second kappa shape index (κ2) is 6.34. The van der Waals surface area contributed by atoms with Crippen LogP contribution in [0.1, 0.15) is 27.7 Å². The summed E-state index contributed by atoms with van der Waals surface area (Å²) in [7, 11) is 0. The van der Waals surface area contributed by atoms with E-state index in [4.69, 9.17) is 9.84 Å². The number of carbonyl (C=O) groups is 3. The van der Waals surface area contributed by atoms with Crippen molar-refractivity contribution in [1.29, 1.82) is 0 Å². The molecule has 0 aliphatic rings. The van der Waals surface area contributed by atoms with E-state index in [0.717, 1.165) is 0 Å². The highest BCUT2D eigenvalue weighted by Gasteiger charge is 2.25. The van der Waals surface area contributed by atoms with E-state index in [2.05, 4.69) is 4.74 Å². The molecule has 6 nitrogen and oxygen atoms in total. The van der Waals surface area contributed by atoms with Crippen molar-refractivity contribution >= 4 is 17.7 Å². The molecule has 0 aromatic carbocycles. The Kier molecular flexibility index (Phi) is 5.81. The number of hydrogen-bond donors (Lipinski definition) is 1. The predicted octanol–water partition coefficient (Wildman–Crippen LogP) is 0.0688. The van der Waals surface area contributed by atoms with Gasteiger partial charge in [-0.05, 0) is 6.92 Å². The largest absolute Gasteiger partial charge is 0.455 e. The number of esters is 2. The normalized spacial score (nSPS) is 12.8. The third kappa shape index (κ3) is 6.01. The third-order valence-electron chi connectivity index (χ3n) is 1.95. The maximum Gasteiger partial charge on any atom is 0.347 e. The zero-order valence-electron chi connectivity index (χ0n) is 10.5. The molecule has 6 heteroatoms. The van der Waals surface area contributed by atoms with E-state index in [-0.39, 0.29) is 12.4 Å². The van der Waals surface area contributed by atoms with Gasteiger partial charge in [0.15, 0.2) is 18.5 Å². The Morgan fingerprint density at radius 2 is 1.76 bits per heavy atom. The molecule has 0 bridgehead atoms. The first-order valence-electron chi connectivity index (χ1n) is 5.18. The van der Waals surface area contributed by atoms with E-state index in [1.165, 1.54) is 6.92 Å². The first kappa shape index (κ1) is 15.6. The van der Waals surface area contributed by atoms with E-state index < -0.39 is 30.1 Å². The Bertz CT molecular complexity index is 302. The molecule has 0 saturated carbocycles. The van der Waals surface area contributed by atoms with E-state index in [9.17, 15) is 14.4 Å². The van der Waals surface area contributed by atoms with Crippen molar-refractivity contribution < 1.29 is 29.0 Å². The van der Waals surface area contributed by atoms with Crippen LogP contribution >= 0.6 is 0 Å². The lowest BCUT2D eigenvalue weighted by molar-refractivity contribution is -0.169. The summed E-state index contributed by atoms with van der Waals surface area (Å²) in [6.45, 7) is 5.26. The molecule has 0 aliphatic carbocycles. The van der Waals surface area contributed by atoms with Crippen LogP contribution in [0.5, 0.6) is 0 Å². The fourth-order valence-electron chi connectivity index (χ4n) is 0.753. The molecule has 0 saturated heterocycles. The van der Waals surface area contributed by atoms with Gasteiger partial charge in [-0.25, -0.2) is 9.59 Å². The second-order valence-corrected chi connectivity index (χ2v) is 4.57. The maximum absolute atomic E-state index is 11.4. The fraction of sp³-hybridized carbons (Fsp3) is 0.727. The van der Waals surface area contributed by atoms with Gasteiger partial charge in [-0.2, -0.15) is 0 Å². The van der Waals surface area contributed by atoms with Crippen molar-refractivity contribution in [2.45, 2.75) is 33.8 Å². The third-order valence-corrected chi connectivity index (χ3v) is 1.95. The zero-order chi connectivity index (χ0) is 13.6. The highest BCUT2D eigenvalue weighted by molar-refractivity contribution is 5.87. The highest BCUT2D eigenvalue weighted by Crippen LogP contribution is 2.14. The summed E-state index contributed by atoms with van der Waals surface area (Å²) >= 11 is 0. The Morgan fingerprint density at radius 3 is 2.18 bits per heavy atom. The summed E-state index contributed by atoms with van der Waals surface area (Å²) in [6.07, 6.45) is -1.14. The Hall–Kier alpha value is -1.43. The summed E-state index contributed by atoms with van der Waals surface area (Å²) in [6, 6.07) is 0. The topological polar surface area (TPSA) is 89.9 Å². The number of ether oxygens (including phenoxy) is 2. The van der Waals surface area contributed by atoms with Crippen LogP contribution in [0.15, 0.2) is 0 Å². The summed E-state index contributed by atoms with van der Waals surface area (Å²) in [5, 5.41) is 8.41. The molecule has 0 rings (SSSR count). The lowest BCUT2D eigenvalue weighted by Crippen LogP contribution is -2.32. The van der Waals surface area contributed by atoms with Gasteiger partial charge in [0.25, 0.3) is 0 Å². The average Bonchev–Trinajstić information content (AvgIpc) is 2.23. The standard InChI is InChI=1S/C11H18O6/c1-7(17-9(14)5-12)10(15)16-6-8(13)11(2,3)4/h7,12H,5-6H2,1-4H3. The number of ketones is 1. The first-order valence-corrected chi connectivity index (χ1v) is 5.18. The molecule has 0 amide bonds. The number of Topliss-reactive ketones (excluding diaryl/α,β-unsaturated/α-hetero) is 1. The van der Waals surface area contributed by atoms with E-state index >= 15 is 0 Å². The van der Waals surface area contributed by atoms with Gasteiger partial charge in [-0.15, -0.1) is 0 Å². The van der Waals surface area contributed by atoms with Gasteiger partial charge >= 0.3 is 11.9 Å². The highest BCUT2D eigenvalue weighted by atomic mass is 16.6. The molecule has 0 aliphatic heterocycles. The SMILES string of the molecule is CC(OC(=O)CO)C(=O)OCC(=O)C(C)(C)C. The monoisotopic (exact) mass is 246 g/mol. The van der Waals surface area contributed by atoms with Gasteiger partial charge in [0, 0.05) is 5.41 Å². The molecule has 1 N–H and O–H groups in total.